The molecule has 0 aliphatic rings. The lowest BCUT2D eigenvalue weighted by molar-refractivity contribution is -0.129. The third kappa shape index (κ3) is 6.49. The van der Waals surface area contributed by atoms with E-state index in [-0.39, 0.29) is 5.91 Å². The summed E-state index contributed by atoms with van der Waals surface area (Å²) in [4.78, 5) is 13.1. The molecule has 186 valence electrons. The Hall–Kier alpha value is -2.80. The van der Waals surface area contributed by atoms with Crippen LogP contribution in [0.1, 0.15) is 43.8 Å². The molecule has 0 aliphatic heterocycles. The number of thioether (sulfide) groups is 1. The van der Waals surface area contributed by atoms with Gasteiger partial charge in [-0.05, 0) is 35.7 Å². The minimum atomic E-state index is -0.567. The summed E-state index contributed by atoms with van der Waals surface area (Å²) < 4.78 is 1.93. The zero-order valence-corrected chi connectivity index (χ0v) is 22.7. The minimum absolute atomic E-state index is 0.0707. The Morgan fingerprint density at radius 3 is 2.19 bits per heavy atom. The molecule has 36 heavy (non-hydrogen) atoms. The highest BCUT2D eigenvalue weighted by Gasteiger charge is 2.29. The van der Waals surface area contributed by atoms with Crippen molar-refractivity contribution in [3.63, 3.8) is 0 Å². The maximum atomic E-state index is 13.1. The average molecular weight is 540 g/mol. The SMILES string of the molecule is CC(C)(C)C(=O)NC(Cc1ccccc1)c1nnc(SCc2ccccc2)n1-c1ccc(Cl)cc1Cl. The summed E-state index contributed by atoms with van der Waals surface area (Å²) in [7, 11) is 0. The van der Waals surface area contributed by atoms with Gasteiger partial charge in [-0.15, -0.1) is 10.2 Å². The van der Waals surface area contributed by atoms with Crippen molar-refractivity contribution in [3.8, 4) is 5.69 Å². The molecule has 8 heteroatoms. The second kappa shape index (κ2) is 11.5. The number of rotatable bonds is 8. The maximum Gasteiger partial charge on any atom is 0.225 e. The fourth-order valence-electron chi connectivity index (χ4n) is 3.64. The molecule has 4 aromatic rings. The monoisotopic (exact) mass is 538 g/mol. The molecule has 1 unspecified atom stereocenters. The van der Waals surface area contributed by atoms with Crippen molar-refractivity contribution >= 4 is 40.9 Å². The van der Waals surface area contributed by atoms with Gasteiger partial charge in [-0.3, -0.25) is 9.36 Å². The summed E-state index contributed by atoms with van der Waals surface area (Å²) in [5.74, 6) is 1.25. The van der Waals surface area contributed by atoms with Crippen molar-refractivity contribution in [2.24, 2.45) is 5.41 Å². The summed E-state index contributed by atoms with van der Waals surface area (Å²) in [5, 5.41) is 14.0. The van der Waals surface area contributed by atoms with Crippen LogP contribution in [0.5, 0.6) is 0 Å². The molecule has 1 heterocycles. The second-order valence-corrected chi connectivity index (χ2v) is 11.3. The molecule has 0 radical (unpaired) electrons. The zero-order valence-electron chi connectivity index (χ0n) is 20.4. The van der Waals surface area contributed by atoms with Crippen LogP contribution in [0.15, 0.2) is 84.0 Å². The Balaban J connectivity index is 1.79. The first-order valence-corrected chi connectivity index (χ1v) is 13.4. The van der Waals surface area contributed by atoms with Crippen molar-refractivity contribution in [1.29, 1.82) is 0 Å². The normalized spacial score (nSPS) is 12.4. The van der Waals surface area contributed by atoms with Crippen molar-refractivity contribution in [3.05, 3.63) is 106 Å². The van der Waals surface area contributed by atoms with E-state index in [0.717, 1.165) is 5.56 Å². The predicted octanol–water partition coefficient (Wildman–Crippen LogP) is 7.31. The van der Waals surface area contributed by atoms with Gasteiger partial charge in [0.2, 0.25) is 5.91 Å². The smallest absolute Gasteiger partial charge is 0.225 e. The van der Waals surface area contributed by atoms with Gasteiger partial charge < -0.3 is 5.32 Å². The van der Waals surface area contributed by atoms with Gasteiger partial charge in [-0.2, -0.15) is 0 Å². The van der Waals surface area contributed by atoms with Crippen LogP contribution in [-0.4, -0.2) is 20.7 Å². The summed E-state index contributed by atoms with van der Waals surface area (Å²) in [6, 6.07) is 25.1. The van der Waals surface area contributed by atoms with E-state index in [2.05, 4.69) is 27.6 Å². The first kappa shape index (κ1) is 26.3. The van der Waals surface area contributed by atoms with E-state index in [1.54, 1.807) is 23.9 Å². The topological polar surface area (TPSA) is 59.8 Å². The van der Waals surface area contributed by atoms with Gasteiger partial charge in [0, 0.05) is 16.2 Å². The second-order valence-electron chi connectivity index (χ2n) is 9.51. The average Bonchev–Trinajstić information content (AvgIpc) is 3.26. The highest BCUT2D eigenvalue weighted by molar-refractivity contribution is 7.98. The van der Waals surface area contributed by atoms with Crippen LogP contribution in [0.3, 0.4) is 0 Å². The molecule has 1 amide bonds. The molecule has 0 fully saturated rings. The Labute approximate surface area is 226 Å². The van der Waals surface area contributed by atoms with E-state index < -0.39 is 11.5 Å². The van der Waals surface area contributed by atoms with Gasteiger partial charge in [-0.25, -0.2) is 0 Å². The highest BCUT2D eigenvalue weighted by atomic mass is 35.5. The van der Waals surface area contributed by atoms with Gasteiger partial charge in [-0.1, -0.05) is 116 Å². The van der Waals surface area contributed by atoms with Gasteiger partial charge in [0.1, 0.15) is 0 Å². The van der Waals surface area contributed by atoms with E-state index in [9.17, 15) is 4.79 Å². The third-order valence-electron chi connectivity index (χ3n) is 5.60. The molecule has 4 rings (SSSR count). The van der Waals surface area contributed by atoms with E-state index in [4.69, 9.17) is 23.2 Å². The molecule has 5 nitrogen and oxygen atoms in total. The molecular formula is C28H28Cl2N4OS. The van der Waals surface area contributed by atoms with E-state index >= 15 is 0 Å². The first-order chi connectivity index (χ1) is 17.2. The summed E-state index contributed by atoms with van der Waals surface area (Å²) >= 11 is 14.4. The number of nitrogens with zero attached hydrogens (tertiary/aromatic N) is 3. The largest absolute Gasteiger partial charge is 0.345 e. The van der Waals surface area contributed by atoms with Crippen molar-refractivity contribution in [2.75, 3.05) is 0 Å². The number of carbonyl (C=O) groups is 1. The Morgan fingerprint density at radius 2 is 1.58 bits per heavy atom. The fourth-order valence-corrected chi connectivity index (χ4v) is 5.04. The fraction of sp³-hybridized carbons (Fsp3) is 0.250. The Morgan fingerprint density at radius 1 is 0.944 bits per heavy atom. The van der Waals surface area contributed by atoms with Crippen molar-refractivity contribution < 1.29 is 4.79 Å². The number of benzene rings is 3. The van der Waals surface area contributed by atoms with Crippen molar-refractivity contribution in [2.45, 2.75) is 44.1 Å². The lowest BCUT2D eigenvalue weighted by Gasteiger charge is -2.25. The molecular weight excluding hydrogens is 511 g/mol. The van der Waals surface area contributed by atoms with Crippen LogP contribution in [-0.2, 0) is 17.0 Å². The maximum absolute atomic E-state index is 13.1. The van der Waals surface area contributed by atoms with Gasteiger partial charge in [0.15, 0.2) is 11.0 Å². The van der Waals surface area contributed by atoms with E-state index in [1.165, 1.54) is 5.56 Å². The quantitative estimate of drug-likeness (QED) is 0.239. The predicted molar refractivity (Wildman–Crippen MR) is 148 cm³/mol. The molecule has 1 atom stereocenters. The van der Waals surface area contributed by atoms with Crippen LogP contribution in [0.4, 0.5) is 0 Å². The number of aromatic nitrogens is 3. The Bertz CT molecular complexity index is 1320. The van der Waals surface area contributed by atoms with Crippen LogP contribution < -0.4 is 5.32 Å². The zero-order chi connectivity index (χ0) is 25.7. The third-order valence-corrected chi connectivity index (χ3v) is 7.14. The van der Waals surface area contributed by atoms with Crippen molar-refractivity contribution in [1.82, 2.24) is 20.1 Å². The van der Waals surface area contributed by atoms with Crippen LogP contribution in [0, 0.1) is 5.41 Å². The van der Waals surface area contributed by atoms with E-state index in [0.29, 0.717) is 38.9 Å². The number of carbonyl (C=O) groups excluding carboxylic acids is 1. The van der Waals surface area contributed by atoms with Gasteiger partial charge >= 0.3 is 0 Å². The summed E-state index contributed by atoms with van der Waals surface area (Å²) in [6.07, 6.45) is 0.551. The molecule has 0 saturated carbocycles. The lowest BCUT2D eigenvalue weighted by Crippen LogP contribution is -2.39. The molecule has 1 N–H and O–H groups in total. The summed E-state index contributed by atoms with van der Waals surface area (Å²) in [6.45, 7) is 5.68. The number of nitrogens with one attached hydrogen (secondary N) is 1. The Kier molecular flexibility index (Phi) is 8.39. The summed E-state index contributed by atoms with van der Waals surface area (Å²) in [5.41, 5.74) is 2.39. The van der Waals surface area contributed by atoms with Crippen LogP contribution in [0.25, 0.3) is 5.69 Å². The van der Waals surface area contributed by atoms with E-state index in [1.807, 2.05) is 79.9 Å². The van der Waals surface area contributed by atoms with Gasteiger partial charge in [0.05, 0.1) is 16.8 Å². The number of amides is 1. The number of hydrogen-bond acceptors (Lipinski definition) is 4. The lowest BCUT2D eigenvalue weighted by atomic mass is 9.94. The van der Waals surface area contributed by atoms with Crippen LogP contribution >= 0.6 is 35.0 Å². The molecule has 1 aromatic heterocycles. The molecule has 0 bridgehead atoms. The minimum Gasteiger partial charge on any atom is -0.345 e. The number of hydrogen-bond donors (Lipinski definition) is 1. The molecule has 0 saturated heterocycles. The molecule has 0 spiro atoms. The first-order valence-electron chi connectivity index (χ1n) is 11.6. The molecule has 0 aliphatic carbocycles. The molecule has 3 aromatic carbocycles. The van der Waals surface area contributed by atoms with Crippen LogP contribution in [0.2, 0.25) is 10.0 Å². The van der Waals surface area contributed by atoms with Gasteiger partial charge in [0.25, 0.3) is 0 Å². The number of halogens is 2. The standard InChI is InChI=1S/C28H28Cl2N4OS/c1-28(2,3)26(35)31-23(16-19-10-6-4-7-11-19)25-32-33-27(36-18-20-12-8-5-9-13-20)34(25)24-15-14-21(29)17-22(24)30/h4-15,17,23H,16,18H2,1-3H3,(H,31,35). The highest BCUT2D eigenvalue weighted by Crippen LogP contribution is 2.33.